The van der Waals surface area contributed by atoms with E-state index in [4.69, 9.17) is 4.74 Å². The number of piperidine rings is 1. The van der Waals surface area contributed by atoms with E-state index in [1.165, 1.54) is 23.4 Å². The van der Waals surface area contributed by atoms with Crippen LogP contribution >= 0.6 is 11.3 Å². The van der Waals surface area contributed by atoms with Crippen molar-refractivity contribution in [3.05, 3.63) is 21.4 Å². The molecule has 0 radical (unpaired) electrons. The van der Waals surface area contributed by atoms with Gasteiger partial charge in [0.25, 0.3) is 5.91 Å². The zero-order valence-electron chi connectivity index (χ0n) is 17.8. The van der Waals surface area contributed by atoms with E-state index in [-0.39, 0.29) is 5.91 Å². The Balaban J connectivity index is 1.32. The zero-order valence-corrected chi connectivity index (χ0v) is 18.7. The Morgan fingerprint density at radius 1 is 1.14 bits per heavy atom. The van der Waals surface area contributed by atoms with Gasteiger partial charge in [0.15, 0.2) is 0 Å². The summed E-state index contributed by atoms with van der Waals surface area (Å²) in [6.45, 7) is 13.9. The summed E-state index contributed by atoms with van der Waals surface area (Å²) in [5.74, 6) is 1.73. The van der Waals surface area contributed by atoms with Gasteiger partial charge in [0.05, 0.1) is 18.1 Å². The van der Waals surface area contributed by atoms with Crippen LogP contribution in [0.4, 0.5) is 0 Å². The van der Waals surface area contributed by atoms with E-state index >= 15 is 0 Å². The SMILES string of the molecule is CC(C)(C)C1CCc2sc(C(=O)N3CCC(CN4CCOCC4)CC3)cc2C1. The largest absolute Gasteiger partial charge is 0.379 e. The Kier molecular flexibility index (Phi) is 6.15. The summed E-state index contributed by atoms with van der Waals surface area (Å²) in [5.41, 5.74) is 1.80. The Hall–Kier alpha value is -0.910. The quantitative estimate of drug-likeness (QED) is 0.761. The molecule has 0 spiro atoms. The third kappa shape index (κ3) is 4.63. The maximum Gasteiger partial charge on any atom is 0.263 e. The highest BCUT2D eigenvalue weighted by molar-refractivity contribution is 7.14. The van der Waals surface area contributed by atoms with Gasteiger partial charge in [-0.05, 0) is 61.0 Å². The molecule has 1 aromatic heterocycles. The van der Waals surface area contributed by atoms with E-state index in [9.17, 15) is 4.79 Å². The minimum atomic E-state index is 0.275. The Labute approximate surface area is 174 Å². The van der Waals surface area contributed by atoms with Crippen molar-refractivity contribution in [1.82, 2.24) is 9.80 Å². The van der Waals surface area contributed by atoms with Crippen LogP contribution in [0, 0.1) is 17.3 Å². The molecule has 1 aliphatic carbocycles. The molecule has 0 aromatic carbocycles. The van der Waals surface area contributed by atoms with Gasteiger partial charge in [-0.15, -0.1) is 11.3 Å². The number of hydrogen-bond acceptors (Lipinski definition) is 4. The molecule has 3 aliphatic rings. The molecule has 3 heterocycles. The van der Waals surface area contributed by atoms with Crippen LogP contribution in [0.3, 0.4) is 0 Å². The number of carbonyl (C=O) groups excluding carboxylic acids is 1. The molecule has 1 amide bonds. The molecule has 4 nitrogen and oxygen atoms in total. The minimum Gasteiger partial charge on any atom is -0.379 e. The second-order valence-electron chi connectivity index (χ2n) is 10.0. The Morgan fingerprint density at radius 3 is 2.54 bits per heavy atom. The first-order valence-electron chi connectivity index (χ1n) is 11.1. The number of amides is 1. The number of ether oxygens (including phenoxy) is 1. The highest BCUT2D eigenvalue weighted by Gasteiger charge is 2.32. The molecular weight excluding hydrogens is 368 g/mol. The van der Waals surface area contributed by atoms with Crippen molar-refractivity contribution in [3.63, 3.8) is 0 Å². The maximum absolute atomic E-state index is 13.1. The molecule has 1 atom stereocenters. The first-order valence-corrected chi connectivity index (χ1v) is 11.9. The monoisotopic (exact) mass is 404 g/mol. The van der Waals surface area contributed by atoms with E-state index in [1.807, 2.05) is 0 Å². The Bertz CT molecular complexity index is 679. The van der Waals surface area contributed by atoms with Crippen molar-refractivity contribution in [3.8, 4) is 0 Å². The van der Waals surface area contributed by atoms with Gasteiger partial charge in [-0.2, -0.15) is 0 Å². The number of likely N-dealkylation sites (tertiary alicyclic amines) is 1. The average Bonchev–Trinajstić information content (AvgIpc) is 3.11. The highest BCUT2D eigenvalue weighted by atomic mass is 32.1. The van der Waals surface area contributed by atoms with Crippen LogP contribution in [0.25, 0.3) is 0 Å². The van der Waals surface area contributed by atoms with Gasteiger partial charge in [0.1, 0.15) is 0 Å². The Morgan fingerprint density at radius 2 is 1.86 bits per heavy atom. The standard InChI is InChI=1S/C23H36N2O2S/c1-23(2,3)19-4-5-20-18(14-19)15-21(28-20)22(26)25-8-6-17(7-9-25)16-24-10-12-27-13-11-24/h15,17,19H,4-14,16H2,1-3H3. The van der Waals surface area contributed by atoms with E-state index in [0.29, 0.717) is 5.41 Å². The average molecular weight is 405 g/mol. The van der Waals surface area contributed by atoms with E-state index < -0.39 is 0 Å². The van der Waals surface area contributed by atoms with Crippen LogP contribution in [0.15, 0.2) is 6.07 Å². The lowest BCUT2D eigenvalue weighted by Crippen LogP contribution is -2.44. The second kappa shape index (κ2) is 8.45. The molecule has 0 bridgehead atoms. The highest BCUT2D eigenvalue weighted by Crippen LogP contribution is 2.40. The number of morpholine rings is 1. The van der Waals surface area contributed by atoms with Crippen molar-refractivity contribution < 1.29 is 9.53 Å². The molecule has 28 heavy (non-hydrogen) atoms. The summed E-state index contributed by atoms with van der Waals surface area (Å²) in [5, 5.41) is 0. The van der Waals surface area contributed by atoms with Crippen molar-refractivity contribution >= 4 is 17.2 Å². The summed E-state index contributed by atoms with van der Waals surface area (Å²) in [6, 6.07) is 2.22. The number of hydrogen-bond donors (Lipinski definition) is 0. The van der Waals surface area contributed by atoms with Gasteiger partial charge in [-0.1, -0.05) is 20.8 Å². The fourth-order valence-corrected chi connectivity index (χ4v) is 6.17. The number of fused-ring (bicyclic) bond motifs is 1. The van der Waals surface area contributed by atoms with Gasteiger partial charge < -0.3 is 9.64 Å². The molecular formula is C23H36N2O2S. The van der Waals surface area contributed by atoms with Crippen LogP contribution < -0.4 is 0 Å². The van der Waals surface area contributed by atoms with Gasteiger partial charge in [-0.25, -0.2) is 0 Å². The van der Waals surface area contributed by atoms with E-state index in [2.05, 4.69) is 36.6 Å². The van der Waals surface area contributed by atoms with E-state index in [1.54, 1.807) is 11.3 Å². The smallest absolute Gasteiger partial charge is 0.263 e. The number of rotatable bonds is 3. The second-order valence-corrected chi connectivity index (χ2v) is 11.2. The molecule has 1 unspecified atom stereocenters. The number of thiophene rings is 1. The molecule has 1 aromatic rings. The number of nitrogens with zero attached hydrogens (tertiary/aromatic N) is 2. The third-order valence-corrected chi connectivity index (χ3v) is 8.27. The summed E-state index contributed by atoms with van der Waals surface area (Å²) < 4.78 is 5.45. The summed E-state index contributed by atoms with van der Waals surface area (Å²) in [7, 11) is 0. The van der Waals surface area contributed by atoms with Crippen LogP contribution in [-0.4, -0.2) is 61.6 Å². The molecule has 4 rings (SSSR count). The van der Waals surface area contributed by atoms with Crippen molar-refractivity contribution in [1.29, 1.82) is 0 Å². The lowest BCUT2D eigenvalue weighted by Gasteiger charge is -2.36. The van der Waals surface area contributed by atoms with Crippen LogP contribution in [0.5, 0.6) is 0 Å². The molecule has 0 saturated carbocycles. The van der Waals surface area contributed by atoms with Crippen molar-refractivity contribution in [2.24, 2.45) is 17.3 Å². The number of carbonyl (C=O) groups is 1. The first kappa shape index (κ1) is 20.4. The molecule has 2 aliphatic heterocycles. The van der Waals surface area contributed by atoms with Gasteiger partial charge >= 0.3 is 0 Å². The first-order chi connectivity index (χ1) is 13.4. The number of aryl methyl sites for hydroxylation is 1. The molecule has 2 fully saturated rings. The summed E-state index contributed by atoms with van der Waals surface area (Å²) >= 11 is 1.77. The van der Waals surface area contributed by atoms with Crippen molar-refractivity contribution in [2.75, 3.05) is 45.9 Å². The topological polar surface area (TPSA) is 32.8 Å². The molecule has 5 heteroatoms. The predicted octanol–water partition coefficient (Wildman–Crippen LogP) is 4.08. The molecule has 156 valence electrons. The fraction of sp³-hybridized carbons (Fsp3) is 0.783. The summed E-state index contributed by atoms with van der Waals surface area (Å²) in [4.78, 5) is 20.2. The lowest BCUT2D eigenvalue weighted by molar-refractivity contribution is 0.0243. The van der Waals surface area contributed by atoms with Gasteiger partial charge in [0.2, 0.25) is 0 Å². The van der Waals surface area contributed by atoms with Crippen LogP contribution in [0.1, 0.15) is 60.1 Å². The summed E-state index contributed by atoms with van der Waals surface area (Å²) in [6.07, 6.45) is 5.83. The maximum atomic E-state index is 13.1. The third-order valence-electron chi connectivity index (χ3n) is 7.04. The lowest BCUT2D eigenvalue weighted by atomic mass is 9.72. The normalized spacial score (nSPS) is 25.0. The van der Waals surface area contributed by atoms with Crippen LogP contribution in [0.2, 0.25) is 0 Å². The fourth-order valence-electron chi connectivity index (χ4n) is 4.99. The van der Waals surface area contributed by atoms with E-state index in [0.717, 1.165) is 81.8 Å². The van der Waals surface area contributed by atoms with Crippen molar-refractivity contribution in [2.45, 2.75) is 52.9 Å². The molecule has 0 N–H and O–H groups in total. The van der Waals surface area contributed by atoms with Crippen LogP contribution in [-0.2, 0) is 17.6 Å². The minimum absolute atomic E-state index is 0.275. The van der Waals surface area contributed by atoms with Gasteiger partial charge in [-0.3, -0.25) is 9.69 Å². The van der Waals surface area contributed by atoms with Gasteiger partial charge in [0, 0.05) is 37.6 Å². The molecule has 2 saturated heterocycles. The zero-order chi connectivity index (χ0) is 19.7. The predicted molar refractivity (Wildman–Crippen MR) is 115 cm³/mol.